The van der Waals surface area contributed by atoms with Gasteiger partial charge in [-0.3, -0.25) is 4.79 Å². The summed E-state index contributed by atoms with van der Waals surface area (Å²) in [6.45, 7) is 7.38. The number of hydrogen-bond acceptors (Lipinski definition) is 5. The highest BCUT2D eigenvalue weighted by molar-refractivity contribution is 5.88. The smallest absolute Gasteiger partial charge is 0.408 e. The highest BCUT2D eigenvalue weighted by Crippen LogP contribution is 2.30. The van der Waals surface area contributed by atoms with Crippen LogP contribution in [0.15, 0.2) is 42.5 Å². The molecular weight excluding hydrogens is 471 g/mol. The van der Waals surface area contributed by atoms with E-state index in [-0.39, 0.29) is 5.82 Å². The van der Waals surface area contributed by atoms with Crippen LogP contribution in [0.5, 0.6) is 0 Å². The van der Waals surface area contributed by atoms with E-state index in [1.807, 2.05) is 18.2 Å². The number of anilines is 1. The Bertz CT molecular complexity index is 1120. The second-order valence-corrected chi connectivity index (χ2v) is 10.7. The third kappa shape index (κ3) is 7.69. The molecule has 7 nitrogen and oxygen atoms in total. The molecule has 3 N–H and O–H groups in total. The van der Waals surface area contributed by atoms with Crippen LogP contribution < -0.4 is 16.0 Å². The lowest BCUT2D eigenvalue weighted by molar-refractivity contribution is -0.125. The van der Waals surface area contributed by atoms with Gasteiger partial charge >= 0.3 is 6.09 Å². The summed E-state index contributed by atoms with van der Waals surface area (Å²) in [6, 6.07) is 14.5. The number of nitrogens with two attached hydrogens (primary N) is 1. The molecule has 4 rings (SSSR count). The van der Waals surface area contributed by atoms with E-state index >= 15 is 0 Å². The summed E-state index contributed by atoms with van der Waals surface area (Å²) in [6.07, 6.45) is 5.87. The van der Waals surface area contributed by atoms with Crippen molar-refractivity contribution in [2.75, 3.05) is 18.0 Å². The maximum Gasteiger partial charge on any atom is 0.408 e. The first-order chi connectivity index (χ1) is 17.5. The quantitative estimate of drug-likeness (QED) is 0.554. The first-order valence-electron chi connectivity index (χ1n) is 12.9. The Balaban J connectivity index is 0.000000209. The number of halogens is 1. The maximum absolute atomic E-state index is 13.0. The molecular formula is C29H37FN4O3. The second kappa shape index (κ2) is 12.1. The lowest BCUT2D eigenvalue weighted by Gasteiger charge is -2.35. The summed E-state index contributed by atoms with van der Waals surface area (Å²) < 4.78 is 18.1. The minimum absolute atomic E-state index is 0.247. The Labute approximate surface area is 218 Å². The minimum Gasteiger partial charge on any atom is -0.444 e. The predicted molar refractivity (Wildman–Crippen MR) is 142 cm³/mol. The molecule has 1 saturated heterocycles. The molecule has 198 valence electrons. The van der Waals surface area contributed by atoms with Crippen LogP contribution >= 0.6 is 0 Å². The average Bonchev–Trinajstić information content (AvgIpc) is 3.38. The third-order valence-corrected chi connectivity index (χ3v) is 6.66. The highest BCUT2D eigenvalue weighted by Gasteiger charge is 2.40. The molecule has 1 heterocycles. The standard InChI is InChI=1S/C17H15FN2.C12H22N2O3/c18-16-6-3-13(4-7-16)14-5-8-17(15(11-14)12-19)20-9-1-2-10-20;1-11(2,3)17-10(16)14-12(9(13)15)7-5-4-6-8-12/h3-8,11H,1-2,9-10H2;4-8H2,1-3H3,(H2,13,15)(H,14,16). The predicted octanol–water partition coefficient (Wildman–Crippen LogP) is 5.66. The van der Waals surface area contributed by atoms with Gasteiger partial charge in [-0.15, -0.1) is 0 Å². The van der Waals surface area contributed by atoms with Crippen molar-refractivity contribution >= 4 is 17.7 Å². The van der Waals surface area contributed by atoms with Crippen molar-refractivity contribution in [1.29, 1.82) is 5.26 Å². The van der Waals surface area contributed by atoms with Gasteiger partial charge < -0.3 is 20.7 Å². The van der Waals surface area contributed by atoms with Gasteiger partial charge in [-0.05, 0) is 81.8 Å². The van der Waals surface area contributed by atoms with E-state index in [0.717, 1.165) is 49.2 Å². The topological polar surface area (TPSA) is 108 Å². The molecule has 0 unspecified atom stereocenters. The highest BCUT2D eigenvalue weighted by atomic mass is 19.1. The number of carbonyl (C=O) groups is 2. The monoisotopic (exact) mass is 508 g/mol. The van der Waals surface area contributed by atoms with Crippen LogP contribution in [0.4, 0.5) is 14.9 Å². The molecule has 1 aliphatic heterocycles. The number of benzene rings is 2. The number of ether oxygens (including phenoxy) is 1. The summed E-state index contributed by atoms with van der Waals surface area (Å²) in [4.78, 5) is 25.5. The van der Waals surface area contributed by atoms with Crippen LogP contribution in [0, 0.1) is 17.1 Å². The Morgan fingerprint density at radius 3 is 2.14 bits per heavy atom. The van der Waals surface area contributed by atoms with Gasteiger partial charge in [-0.2, -0.15) is 5.26 Å². The summed E-state index contributed by atoms with van der Waals surface area (Å²) in [5, 5.41) is 12.0. The van der Waals surface area contributed by atoms with Crippen molar-refractivity contribution in [2.24, 2.45) is 5.73 Å². The van der Waals surface area contributed by atoms with E-state index in [1.54, 1.807) is 32.9 Å². The molecule has 1 saturated carbocycles. The van der Waals surface area contributed by atoms with Gasteiger partial charge in [0.25, 0.3) is 0 Å². The number of nitriles is 1. The number of hydrogen-bond donors (Lipinski definition) is 2. The lowest BCUT2D eigenvalue weighted by atomic mass is 9.81. The molecule has 0 spiro atoms. The SMILES string of the molecule is CC(C)(C)OC(=O)NC1(C(N)=O)CCCCC1.N#Cc1cc(-c2ccc(F)cc2)ccc1N1CCCC1. The minimum atomic E-state index is -0.916. The van der Waals surface area contributed by atoms with Crippen molar-refractivity contribution in [1.82, 2.24) is 5.32 Å². The van der Waals surface area contributed by atoms with Gasteiger partial charge in [0.2, 0.25) is 5.91 Å². The van der Waals surface area contributed by atoms with Gasteiger partial charge in [-0.1, -0.05) is 37.5 Å². The molecule has 0 atom stereocenters. The molecule has 2 amide bonds. The molecule has 8 heteroatoms. The van der Waals surface area contributed by atoms with Crippen LogP contribution in [-0.4, -0.2) is 36.2 Å². The average molecular weight is 509 g/mol. The zero-order valence-corrected chi connectivity index (χ0v) is 22.0. The van der Waals surface area contributed by atoms with E-state index in [4.69, 9.17) is 10.5 Å². The van der Waals surface area contributed by atoms with Crippen molar-refractivity contribution in [3.8, 4) is 17.2 Å². The molecule has 2 aromatic rings. The van der Waals surface area contributed by atoms with E-state index in [0.29, 0.717) is 18.4 Å². The maximum atomic E-state index is 13.0. The third-order valence-electron chi connectivity index (χ3n) is 6.66. The fourth-order valence-electron chi connectivity index (χ4n) is 4.77. The Hall–Kier alpha value is -3.60. The summed E-state index contributed by atoms with van der Waals surface area (Å²) >= 11 is 0. The number of rotatable bonds is 4. The van der Waals surface area contributed by atoms with Crippen molar-refractivity contribution < 1.29 is 18.7 Å². The molecule has 0 radical (unpaired) electrons. The van der Waals surface area contributed by atoms with E-state index in [1.165, 1.54) is 25.0 Å². The second-order valence-electron chi connectivity index (χ2n) is 10.7. The summed E-state index contributed by atoms with van der Waals surface area (Å²) in [5.41, 5.74) is 7.49. The Morgan fingerprint density at radius 1 is 1.00 bits per heavy atom. The molecule has 0 bridgehead atoms. The van der Waals surface area contributed by atoms with E-state index < -0.39 is 23.1 Å². The summed E-state index contributed by atoms with van der Waals surface area (Å²) in [7, 11) is 0. The molecule has 0 aromatic heterocycles. The number of carbonyl (C=O) groups excluding carboxylic acids is 2. The summed E-state index contributed by atoms with van der Waals surface area (Å²) in [5.74, 6) is -0.717. The molecule has 37 heavy (non-hydrogen) atoms. The first kappa shape index (κ1) is 28.0. The van der Waals surface area contributed by atoms with Crippen molar-refractivity contribution in [3.63, 3.8) is 0 Å². The van der Waals surface area contributed by atoms with Crippen LogP contribution in [0.25, 0.3) is 11.1 Å². The van der Waals surface area contributed by atoms with Gasteiger partial charge in [-0.25, -0.2) is 9.18 Å². The molecule has 2 fully saturated rings. The first-order valence-corrected chi connectivity index (χ1v) is 12.9. The van der Waals surface area contributed by atoms with Gasteiger partial charge in [0, 0.05) is 13.1 Å². The van der Waals surface area contributed by atoms with Crippen molar-refractivity contribution in [2.45, 2.75) is 76.9 Å². The zero-order chi connectivity index (χ0) is 27.1. The normalized spacial score (nSPS) is 16.7. The fraction of sp³-hybridized carbons (Fsp3) is 0.483. The number of primary amides is 1. The molecule has 2 aromatic carbocycles. The van der Waals surface area contributed by atoms with Gasteiger partial charge in [0.05, 0.1) is 11.3 Å². The van der Waals surface area contributed by atoms with Gasteiger partial charge in [0.1, 0.15) is 23.0 Å². The number of alkyl carbamates (subject to hydrolysis) is 1. The van der Waals surface area contributed by atoms with Crippen LogP contribution in [0.3, 0.4) is 0 Å². The van der Waals surface area contributed by atoms with Crippen molar-refractivity contribution in [3.05, 3.63) is 53.8 Å². The zero-order valence-electron chi connectivity index (χ0n) is 22.0. The van der Waals surface area contributed by atoms with Gasteiger partial charge in [0.15, 0.2) is 0 Å². The van der Waals surface area contributed by atoms with Crippen LogP contribution in [-0.2, 0) is 9.53 Å². The fourth-order valence-corrected chi connectivity index (χ4v) is 4.77. The molecule has 1 aliphatic carbocycles. The van der Waals surface area contributed by atoms with E-state index in [9.17, 15) is 19.2 Å². The number of amides is 2. The Morgan fingerprint density at radius 2 is 1.59 bits per heavy atom. The number of nitrogens with zero attached hydrogens (tertiary/aromatic N) is 2. The van der Waals surface area contributed by atoms with E-state index in [2.05, 4.69) is 16.3 Å². The Kier molecular flexibility index (Phi) is 9.14. The lowest BCUT2D eigenvalue weighted by Crippen LogP contribution is -2.59. The largest absolute Gasteiger partial charge is 0.444 e. The van der Waals surface area contributed by atoms with Crippen LogP contribution in [0.2, 0.25) is 0 Å². The van der Waals surface area contributed by atoms with Crippen LogP contribution in [0.1, 0.15) is 71.3 Å². The molecule has 2 aliphatic rings. The number of nitrogens with one attached hydrogen (secondary N) is 1.